The lowest BCUT2D eigenvalue weighted by atomic mass is 10.2. The minimum atomic E-state index is -1.26. The van der Waals surface area contributed by atoms with E-state index in [0.717, 1.165) is 11.3 Å². The highest BCUT2D eigenvalue weighted by Crippen LogP contribution is 2.20. The van der Waals surface area contributed by atoms with E-state index < -0.39 is 11.9 Å². The van der Waals surface area contributed by atoms with Gasteiger partial charge in [0.1, 0.15) is 0 Å². The molecule has 0 spiro atoms. The first kappa shape index (κ1) is 14.2. The van der Waals surface area contributed by atoms with Crippen molar-refractivity contribution in [1.29, 1.82) is 0 Å². The molecule has 0 atom stereocenters. The maximum absolute atomic E-state index is 9.55. The van der Waals surface area contributed by atoms with Crippen LogP contribution in [-0.2, 0) is 9.59 Å². The third kappa shape index (κ3) is 5.83. The number of aliphatic carboxylic acids is 2. The number of para-hydroxylation sites is 1. The highest BCUT2D eigenvalue weighted by Gasteiger charge is 1.99. The summed E-state index contributed by atoms with van der Waals surface area (Å²) in [7, 11) is 0. The van der Waals surface area contributed by atoms with E-state index >= 15 is 0 Å². The number of rotatable bonds is 2. The lowest BCUT2D eigenvalue weighted by Crippen LogP contribution is -1.91. The number of carbonyl (C=O) groups is 2. The van der Waals surface area contributed by atoms with E-state index in [4.69, 9.17) is 15.1 Å². The number of oxime groups is 1. The van der Waals surface area contributed by atoms with Crippen LogP contribution in [0.1, 0.15) is 5.56 Å². The number of hydrogen-bond donors (Lipinski definition) is 2. The summed E-state index contributed by atoms with van der Waals surface area (Å²) < 4.78 is 0. The van der Waals surface area contributed by atoms with Crippen molar-refractivity contribution in [2.75, 3.05) is 0 Å². The van der Waals surface area contributed by atoms with Crippen LogP contribution in [0.25, 0.3) is 6.08 Å². The Balaban J connectivity index is 0.000000203. The zero-order chi connectivity index (χ0) is 14.1. The highest BCUT2D eigenvalue weighted by molar-refractivity contribution is 5.89. The average molecular weight is 261 g/mol. The number of nitrogens with zero attached hydrogens (tertiary/aromatic N) is 1. The number of allylic oxidation sites excluding steroid dienone is 1. The van der Waals surface area contributed by atoms with E-state index in [1.165, 1.54) is 0 Å². The summed E-state index contributed by atoms with van der Waals surface area (Å²) in [5.41, 5.74) is 1.06. The molecular formula is C13H11NO5. The van der Waals surface area contributed by atoms with Gasteiger partial charge in [0.15, 0.2) is 5.75 Å². The Morgan fingerprint density at radius 3 is 2.37 bits per heavy atom. The third-order valence-electron chi connectivity index (χ3n) is 1.86. The molecule has 0 unspecified atom stereocenters. The number of hydrogen-bond acceptors (Lipinski definition) is 4. The van der Waals surface area contributed by atoms with Crippen LogP contribution in [0.3, 0.4) is 0 Å². The van der Waals surface area contributed by atoms with E-state index in [1.54, 1.807) is 6.21 Å². The summed E-state index contributed by atoms with van der Waals surface area (Å²) in [6, 6.07) is 7.77. The van der Waals surface area contributed by atoms with E-state index in [2.05, 4.69) is 5.16 Å². The van der Waals surface area contributed by atoms with Gasteiger partial charge >= 0.3 is 11.9 Å². The Labute approximate surface area is 108 Å². The SMILES string of the molecule is C1=Cc2ccccc2ON=C1.O=C(O)C=CC(=O)O. The Bertz CT molecular complexity index is 530. The normalized spacial score (nSPS) is 11.8. The fourth-order valence-corrected chi connectivity index (χ4v) is 1.11. The summed E-state index contributed by atoms with van der Waals surface area (Å²) in [5, 5.41) is 19.3. The standard InChI is InChI=1S/C9H7NO.C4H4O4/c1-2-6-9-8(4-1)5-3-7-10-11-9;5-3(6)1-2-4(7)8/h1-7H;1-2H,(H,5,6)(H,7,8). The summed E-state index contributed by atoms with van der Waals surface area (Å²) in [6.07, 6.45) is 6.56. The first-order valence-corrected chi connectivity index (χ1v) is 5.19. The molecule has 1 aliphatic rings. The fraction of sp³-hybridized carbons (Fsp3) is 0. The lowest BCUT2D eigenvalue weighted by Gasteiger charge is -1.98. The summed E-state index contributed by atoms with van der Waals surface area (Å²) in [6.45, 7) is 0. The predicted molar refractivity (Wildman–Crippen MR) is 69.0 cm³/mol. The quantitative estimate of drug-likeness (QED) is 0.791. The molecule has 0 fully saturated rings. The highest BCUT2D eigenvalue weighted by atomic mass is 16.6. The van der Waals surface area contributed by atoms with Gasteiger partial charge in [-0.15, -0.1) is 0 Å². The van der Waals surface area contributed by atoms with Gasteiger partial charge in [0.05, 0.1) is 6.21 Å². The van der Waals surface area contributed by atoms with Crippen molar-refractivity contribution in [3.05, 3.63) is 48.1 Å². The first-order valence-electron chi connectivity index (χ1n) is 5.19. The minimum absolute atomic E-state index is 0.558. The van der Waals surface area contributed by atoms with Crippen molar-refractivity contribution in [1.82, 2.24) is 0 Å². The van der Waals surface area contributed by atoms with Gasteiger partial charge in [-0.25, -0.2) is 9.59 Å². The molecule has 2 N–H and O–H groups in total. The summed E-state index contributed by atoms with van der Waals surface area (Å²) in [5.74, 6) is -1.71. The molecule has 1 aromatic carbocycles. The maximum atomic E-state index is 9.55. The molecule has 0 amide bonds. The first-order chi connectivity index (χ1) is 9.09. The molecule has 0 aromatic heterocycles. The van der Waals surface area contributed by atoms with E-state index in [0.29, 0.717) is 12.2 Å². The van der Waals surface area contributed by atoms with Gasteiger partial charge in [-0.3, -0.25) is 0 Å². The molecule has 2 rings (SSSR count). The largest absolute Gasteiger partial charge is 0.478 e. The van der Waals surface area contributed by atoms with Gasteiger partial charge in [0.2, 0.25) is 0 Å². The molecule has 0 saturated heterocycles. The molecular weight excluding hydrogens is 250 g/mol. The Morgan fingerprint density at radius 2 is 1.74 bits per heavy atom. The Hall–Kier alpha value is -2.89. The topological polar surface area (TPSA) is 96.2 Å². The van der Waals surface area contributed by atoms with Gasteiger partial charge in [-0.1, -0.05) is 23.4 Å². The van der Waals surface area contributed by atoms with Gasteiger partial charge < -0.3 is 15.1 Å². The molecule has 19 heavy (non-hydrogen) atoms. The van der Waals surface area contributed by atoms with Crippen LogP contribution in [0, 0.1) is 0 Å². The van der Waals surface area contributed by atoms with Gasteiger partial charge in [0, 0.05) is 17.7 Å². The van der Waals surface area contributed by atoms with Crippen molar-refractivity contribution >= 4 is 24.2 Å². The second-order valence-electron chi connectivity index (χ2n) is 3.25. The average Bonchev–Trinajstić information content (AvgIpc) is 2.62. The zero-order valence-corrected chi connectivity index (χ0v) is 9.76. The van der Waals surface area contributed by atoms with Gasteiger partial charge in [-0.05, 0) is 18.2 Å². The maximum Gasteiger partial charge on any atom is 0.328 e. The number of benzene rings is 1. The molecule has 98 valence electrons. The summed E-state index contributed by atoms with van der Waals surface area (Å²) >= 11 is 0. The molecule has 6 nitrogen and oxygen atoms in total. The summed E-state index contributed by atoms with van der Waals surface area (Å²) in [4.78, 5) is 24.2. The molecule has 0 bridgehead atoms. The Kier molecular flexibility index (Phi) is 5.55. The zero-order valence-electron chi connectivity index (χ0n) is 9.76. The van der Waals surface area contributed by atoms with Crippen LogP contribution in [0.4, 0.5) is 0 Å². The van der Waals surface area contributed by atoms with E-state index in [9.17, 15) is 9.59 Å². The molecule has 0 saturated carbocycles. The van der Waals surface area contributed by atoms with Crippen molar-refractivity contribution in [3.63, 3.8) is 0 Å². The number of carboxylic acids is 2. The van der Waals surface area contributed by atoms with Crippen LogP contribution >= 0.6 is 0 Å². The van der Waals surface area contributed by atoms with E-state index in [-0.39, 0.29) is 0 Å². The van der Waals surface area contributed by atoms with E-state index in [1.807, 2.05) is 36.4 Å². The van der Waals surface area contributed by atoms with Crippen LogP contribution < -0.4 is 4.84 Å². The van der Waals surface area contributed by atoms with Gasteiger partial charge in [-0.2, -0.15) is 0 Å². The monoisotopic (exact) mass is 261 g/mol. The Morgan fingerprint density at radius 1 is 1.11 bits per heavy atom. The minimum Gasteiger partial charge on any atom is -0.478 e. The molecule has 0 radical (unpaired) electrons. The fourth-order valence-electron chi connectivity index (χ4n) is 1.11. The number of carboxylic acid groups (broad SMARTS) is 2. The van der Waals surface area contributed by atoms with Crippen molar-refractivity contribution in [3.8, 4) is 5.75 Å². The molecule has 1 heterocycles. The second-order valence-corrected chi connectivity index (χ2v) is 3.25. The molecule has 1 aromatic rings. The molecule has 1 aliphatic heterocycles. The lowest BCUT2D eigenvalue weighted by molar-refractivity contribution is -0.134. The number of fused-ring (bicyclic) bond motifs is 1. The third-order valence-corrected chi connectivity index (χ3v) is 1.86. The van der Waals surface area contributed by atoms with Crippen molar-refractivity contribution in [2.24, 2.45) is 5.16 Å². The predicted octanol–water partition coefficient (Wildman–Crippen LogP) is 1.79. The second kappa shape index (κ2) is 7.44. The van der Waals surface area contributed by atoms with Gasteiger partial charge in [0.25, 0.3) is 0 Å². The molecule has 6 heteroatoms. The van der Waals surface area contributed by atoms with Crippen LogP contribution in [-0.4, -0.2) is 28.4 Å². The van der Waals surface area contributed by atoms with Crippen molar-refractivity contribution in [2.45, 2.75) is 0 Å². The van der Waals surface area contributed by atoms with Crippen LogP contribution in [0.2, 0.25) is 0 Å². The smallest absolute Gasteiger partial charge is 0.328 e. The van der Waals surface area contributed by atoms with Crippen LogP contribution in [0.15, 0.2) is 47.6 Å². The molecule has 0 aliphatic carbocycles. The van der Waals surface area contributed by atoms with Crippen molar-refractivity contribution < 1.29 is 24.6 Å². The van der Waals surface area contributed by atoms with Crippen LogP contribution in [0.5, 0.6) is 5.75 Å².